The van der Waals surface area contributed by atoms with Crippen LogP contribution in [-0.2, 0) is 14.8 Å². The Morgan fingerprint density at radius 1 is 0.741 bits per heavy atom. The molecular formula is C21H45NO4S. The van der Waals surface area contributed by atoms with Crippen molar-refractivity contribution in [1.82, 2.24) is 0 Å². The zero-order valence-electron chi connectivity index (χ0n) is 18.3. The van der Waals surface area contributed by atoms with Gasteiger partial charge in [0.15, 0.2) is 0 Å². The Morgan fingerprint density at radius 3 is 1.63 bits per heavy atom. The van der Waals surface area contributed by atoms with Crippen LogP contribution >= 0.6 is 0 Å². The van der Waals surface area contributed by atoms with Crippen LogP contribution in [-0.4, -0.2) is 39.1 Å². The molecule has 0 amide bonds. The molecule has 0 radical (unpaired) electrons. The van der Waals surface area contributed by atoms with Crippen LogP contribution in [0.25, 0.3) is 0 Å². The van der Waals surface area contributed by atoms with Gasteiger partial charge in [-0.3, -0.25) is 0 Å². The molecule has 0 aromatic carbocycles. The van der Waals surface area contributed by atoms with Gasteiger partial charge in [0.2, 0.25) is 10.0 Å². The summed E-state index contributed by atoms with van der Waals surface area (Å²) in [6.07, 6.45) is 11.7. The van der Waals surface area contributed by atoms with Crippen LogP contribution in [0.4, 0.5) is 0 Å². The number of sulfonamides is 1. The van der Waals surface area contributed by atoms with Crippen molar-refractivity contribution in [2.24, 2.45) is 16.0 Å². The van der Waals surface area contributed by atoms with Crippen molar-refractivity contribution in [1.29, 1.82) is 0 Å². The van der Waals surface area contributed by atoms with Gasteiger partial charge in [-0.25, -0.2) is 13.6 Å². The lowest BCUT2D eigenvalue weighted by Gasteiger charge is -2.24. The fourth-order valence-corrected chi connectivity index (χ4v) is 4.12. The zero-order valence-corrected chi connectivity index (χ0v) is 19.1. The van der Waals surface area contributed by atoms with E-state index in [9.17, 15) is 8.42 Å². The van der Waals surface area contributed by atoms with Crippen molar-refractivity contribution < 1.29 is 18.3 Å². The highest BCUT2D eigenvalue weighted by Gasteiger charge is 2.20. The van der Waals surface area contributed by atoms with Crippen LogP contribution in [0.1, 0.15) is 98.3 Å². The van der Waals surface area contributed by atoms with Gasteiger partial charge in [-0.15, -0.1) is 0 Å². The third-order valence-electron chi connectivity index (χ3n) is 5.36. The SMILES string of the molecule is CC(C)(CCCCCO)CCCCOCCCCC(C)(C)CCS(N)(=O)=O. The number of aliphatic hydroxyl groups is 1. The number of nitrogens with two attached hydrogens (primary N) is 1. The van der Waals surface area contributed by atoms with Gasteiger partial charge in [0, 0.05) is 19.8 Å². The summed E-state index contributed by atoms with van der Waals surface area (Å²) in [6, 6.07) is 0. The molecule has 0 aromatic heterocycles. The number of hydrogen-bond donors (Lipinski definition) is 2. The maximum atomic E-state index is 11.1. The molecule has 0 unspecified atom stereocenters. The molecule has 0 aliphatic rings. The Morgan fingerprint density at radius 2 is 1.19 bits per heavy atom. The van der Waals surface area contributed by atoms with E-state index in [2.05, 4.69) is 27.7 Å². The predicted molar refractivity (Wildman–Crippen MR) is 114 cm³/mol. The van der Waals surface area contributed by atoms with E-state index in [0.717, 1.165) is 51.7 Å². The van der Waals surface area contributed by atoms with Crippen LogP contribution in [0, 0.1) is 10.8 Å². The summed E-state index contributed by atoms with van der Waals surface area (Å²) in [5, 5.41) is 13.9. The first-order chi connectivity index (χ1) is 12.5. The molecule has 0 saturated carbocycles. The highest BCUT2D eigenvalue weighted by Crippen LogP contribution is 2.30. The Kier molecular flexibility index (Phi) is 13.8. The molecule has 0 aliphatic heterocycles. The Labute approximate surface area is 168 Å². The molecular weight excluding hydrogens is 362 g/mol. The van der Waals surface area contributed by atoms with E-state index < -0.39 is 10.0 Å². The number of unbranched alkanes of at least 4 members (excludes halogenated alkanes) is 4. The molecule has 0 fully saturated rings. The Hall–Kier alpha value is -0.170. The highest BCUT2D eigenvalue weighted by molar-refractivity contribution is 7.89. The Balaban J connectivity index is 3.58. The molecule has 164 valence electrons. The van der Waals surface area contributed by atoms with Gasteiger partial charge in [0.25, 0.3) is 0 Å². The second kappa shape index (κ2) is 13.9. The van der Waals surface area contributed by atoms with Crippen molar-refractivity contribution in [3.8, 4) is 0 Å². The molecule has 0 atom stereocenters. The number of primary sulfonamides is 1. The van der Waals surface area contributed by atoms with E-state index in [1.807, 2.05) is 0 Å². The molecule has 3 N–H and O–H groups in total. The summed E-state index contributed by atoms with van der Waals surface area (Å²) in [7, 11) is -3.36. The lowest BCUT2D eigenvalue weighted by atomic mass is 9.82. The molecule has 0 bridgehead atoms. The average Bonchev–Trinajstić information content (AvgIpc) is 2.55. The fraction of sp³-hybridized carbons (Fsp3) is 1.00. The van der Waals surface area contributed by atoms with Crippen LogP contribution in [0.2, 0.25) is 0 Å². The monoisotopic (exact) mass is 407 g/mol. The van der Waals surface area contributed by atoms with Gasteiger partial charge in [-0.05, 0) is 55.8 Å². The summed E-state index contributed by atoms with van der Waals surface area (Å²) in [5.41, 5.74) is 0.396. The third-order valence-corrected chi connectivity index (χ3v) is 6.13. The first-order valence-electron chi connectivity index (χ1n) is 10.7. The minimum absolute atomic E-state index is 0.00913. The maximum Gasteiger partial charge on any atom is 0.209 e. The van der Waals surface area contributed by atoms with Crippen molar-refractivity contribution in [3.63, 3.8) is 0 Å². The van der Waals surface area contributed by atoms with Crippen LogP contribution in [0.3, 0.4) is 0 Å². The van der Waals surface area contributed by atoms with Gasteiger partial charge in [-0.2, -0.15) is 0 Å². The third kappa shape index (κ3) is 18.9. The summed E-state index contributed by atoms with van der Waals surface area (Å²) in [5.74, 6) is 0.0638. The first-order valence-corrected chi connectivity index (χ1v) is 12.4. The zero-order chi connectivity index (χ0) is 20.8. The normalized spacial score (nSPS) is 13.3. The van der Waals surface area contributed by atoms with E-state index in [4.69, 9.17) is 15.0 Å². The van der Waals surface area contributed by atoms with Crippen molar-refractivity contribution >= 4 is 10.0 Å². The minimum atomic E-state index is -3.36. The number of rotatable bonds is 18. The number of aliphatic hydroxyl groups excluding tert-OH is 1. The maximum absolute atomic E-state index is 11.1. The predicted octanol–water partition coefficient (Wildman–Crippen LogP) is 4.63. The largest absolute Gasteiger partial charge is 0.396 e. The number of hydrogen-bond acceptors (Lipinski definition) is 4. The molecule has 0 rings (SSSR count). The molecule has 27 heavy (non-hydrogen) atoms. The van der Waals surface area contributed by atoms with Crippen LogP contribution in [0.15, 0.2) is 0 Å². The molecule has 6 heteroatoms. The first kappa shape index (κ1) is 26.8. The van der Waals surface area contributed by atoms with Gasteiger partial charge < -0.3 is 9.84 Å². The quantitative estimate of drug-likeness (QED) is 0.324. The number of ether oxygens (including phenoxy) is 1. The van der Waals surface area contributed by atoms with Crippen LogP contribution < -0.4 is 5.14 Å². The standard InChI is InChI=1S/C21H45NO4S/c1-20(2,12-6-5-9-16-23)13-7-10-17-26-18-11-8-14-21(3,4)15-19-27(22,24)25/h23H,5-19H2,1-4H3,(H2,22,24,25). The second-order valence-corrected chi connectivity index (χ2v) is 11.2. The highest BCUT2D eigenvalue weighted by atomic mass is 32.2. The summed E-state index contributed by atoms with van der Waals surface area (Å²) >= 11 is 0. The van der Waals surface area contributed by atoms with Crippen molar-refractivity contribution in [3.05, 3.63) is 0 Å². The molecule has 5 nitrogen and oxygen atoms in total. The summed E-state index contributed by atoms with van der Waals surface area (Å²) < 4.78 is 27.9. The lowest BCUT2D eigenvalue weighted by molar-refractivity contribution is 0.120. The summed E-state index contributed by atoms with van der Waals surface area (Å²) in [4.78, 5) is 0. The average molecular weight is 408 g/mol. The van der Waals surface area contributed by atoms with Gasteiger partial charge in [0.1, 0.15) is 0 Å². The molecule has 0 heterocycles. The smallest absolute Gasteiger partial charge is 0.209 e. The van der Waals surface area contributed by atoms with E-state index in [1.165, 1.54) is 25.7 Å². The van der Waals surface area contributed by atoms with E-state index in [1.54, 1.807) is 0 Å². The fourth-order valence-electron chi connectivity index (χ4n) is 3.28. The van der Waals surface area contributed by atoms with E-state index in [-0.39, 0.29) is 11.2 Å². The van der Waals surface area contributed by atoms with Gasteiger partial charge in [0.05, 0.1) is 5.75 Å². The second-order valence-electron chi connectivity index (χ2n) is 9.51. The Bertz CT molecular complexity index is 461. The topological polar surface area (TPSA) is 89.6 Å². The minimum Gasteiger partial charge on any atom is -0.396 e. The van der Waals surface area contributed by atoms with E-state index in [0.29, 0.717) is 18.4 Å². The molecule has 0 saturated heterocycles. The van der Waals surface area contributed by atoms with Crippen LogP contribution in [0.5, 0.6) is 0 Å². The van der Waals surface area contributed by atoms with Gasteiger partial charge in [-0.1, -0.05) is 53.4 Å². The molecule has 0 aromatic rings. The van der Waals surface area contributed by atoms with Gasteiger partial charge >= 0.3 is 0 Å². The summed E-state index contributed by atoms with van der Waals surface area (Å²) in [6.45, 7) is 10.8. The lowest BCUT2D eigenvalue weighted by Crippen LogP contribution is -2.22. The molecule has 0 spiro atoms. The van der Waals surface area contributed by atoms with E-state index >= 15 is 0 Å². The molecule has 0 aliphatic carbocycles. The van der Waals surface area contributed by atoms with Crippen molar-refractivity contribution in [2.75, 3.05) is 25.6 Å². The van der Waals surface area contributed by atoms with Crippen molar-refractivity contribution in [2.45, 2.75) is 98.3 Å².